The van der Waals surface area contributed by atoms with Gasteiger partial charge in [0.25, 0.3) is 5.91 Å². The lowest BCUT2D eigenvalue weighted by Crippen LogP contribution is -2.21. The van der Waals surface area contributed by atoms with E-state index >= 15 is 0 Å². The van der Waals surface area contributed by atoms with E-state index in [2.05, 4.69) is 34.8 Å². The summed E-state index contributed by atoms with van der Waals surface area (Å²) in [7, 11) is 0. The first kappa shape index (κ1) is 21.0. The van der Waals surface area contributed by atoms with Gasteiger partial charge in [-0.05, 0) is 54.7 Å². The molecule has 8 heteroatoms. The van der Waals surface area contributed by atoms with Gasteiger partial charge in [0, 0.05) is 11.4 Å². The number of hydrogen-bond acceptors (Lipinski definition) is 5. The molecule has 0 aliphatic rings. The molecular weight excluding hydrogens is 380 g/mol. The van der Waals surface area contributed by atoms with E-state index in [4.69, 9.17) is 5.73 Å². The second-order valence-corrected chi connectivity index (χ2v) is 7.58. The van der Waals surface area contributed by atoms with Gasteiger partial charge in [0.05, 0.1) is 0 Å². The summed E-state index contributed by atoms with van der Waals surface area (Å²) in [4.78, 5) is 24.9. The molecule has 0 fully saturated rings. The molecule has 3 rings (SSSR count). The number of benzene rings is 2. The molecule has 4 N–H and O–H groups in total. The van der Waals surface area contributed by atoms with Crippen LogP contribution in [0.2, 0.25) is 0 Å². The summed E-state index contributed by atoms with van der Waals surface area (Å²) in [6.45, 7) is 7.90. The van der Waals surface area contributed by atoms with E-state index in [0.717, 1.165) is 11.1 Å². The maximum atomic E-state index is 12.6. The van der Waals surface area contributed by atoms with Crippen LogP contribution in [0.4, 0.5) is 17.2 Å². The van der Waals surface area contributed by atoms with E-state index < -0.39 is 5.91 Å². The lowest BCUT2D eigenvalue weighted by Gasteiger charge is -2.09. The number of aryl methyl sites for hydroxylation is 2. The van der Waals surface area contributed by atoms with Crippen molar-refractivity contribution in [1.82, 2.24) is 15.0 Å². The van der Waals surface area contributed by atoms with Crippen molar-refractivity contribution in [1.29, 1.82) is 0 Å². The molecule has 0 unspecified atom stereocenters. The van der Waals surface area contributed by atoms with Crippen molar-refractivity contribution in [2.45, 2.75) is 40.2 Å². The number of hydrogen-bond donors (Lipinski definition) is 3. The fourth-order valence-electron chi connectivity index (χ4n) is 2.94. The quantitative estimate of drug-likeness (QED) is 0.580. The summed E-state index contributed by atoms with van der Waals surface area (Å²) in [6.07, 6.45) is 0. The molecule has 156 valence electrons. The summed E-state index contributed by atoms with van der Waals surface area (Å²) in [5, 5.41) is 13.3. The number of rotatable bonds is 6. The van der Waals surface area contributed by atoms with E-state index in [-0.39, 0.29) is 24.0 Å². The second kappa shape index (κ2) is 8.77. The number of carbonyl (C=O) groups is 2. The Hall–Kier alpha value is -3.68. The van der Waals surface area contributed by atoms with Crippen LogP contribution in [-0.4, -0.2) is 26.8 Å². The molecule has 0 aliphatic heterocycles. The third kappa shape index (κ3) is 4.83. The Bertz CT molecular complexity index is 1070. The summed E-state index contributed by atoms with van der Waals surface area (Å²) in [5.74, 6) is -0.344. The Labute approximate surface area is 175 Å². The van der Waals surface area contributed by atoms with Crippen molar-refractivity contribution in [2.75, 3.05) is 16.4 Å². The normalized spacial score (nSPS) is 10.8. The number of nitrogen functional groups attached to an aromatic ring is 1. The molecule has 0 radical (unpaired) electrons. The van der Waals surface area contributed by atoms with Crippen molar-refractivity contribution < 1.29 is 9.59 Å². The third-order valence-electron chi connectivity index (χ3n) is 4.78. The molecule has 0 saturated heterocycles. The third-order valence-corrected chi connectivity index (χ3v) is 4.78. The van der Waals surface area contributed by atoms with Crippen LogP contribution in [0.1, 0.15) is 46.9 Å². The molecule has 3 aromatic rings. The number of nitrogens with two attached hydrogens (primary N) is 1. The highest BCUT2D eigenvalue weighted by molar-refractivity contribution is 6.06. The fourth-order valence-corrected chi connectivity index (χ4v) is 2.94. The van der Waals surface area contributed by atoms with E-state index in [1.165, 1.54) is 10.2 Å². The highest BCUT2D eigenvalue weighted by Gasteiger charge is 2.19. The van der Waals surface area contributed by atoms with Crippen LogP contribution in [0.3, 0.4) is 0 Å². The molecule has 0 aliphatic carbocycles. The highest BCUT2D eigenvalue weighted by Crippen LogP contribution is 2.19. The standard InChI is InChI=1S/C22H26N6O2/c1-13(2)16-7-9-17(10-8-16)24-19(29)12-28-21(23)20(26-27-28)22(30)25-18-11-14(3)5-6-15(18)4/h5-11,13H,12,23H2,1-4H3,(H,24,29)(H,25,30). The van der Waals surface area contributed by atoms with E-state index in [0.29, 0.717) is 17.3 Å². The average Bonchev–Trinajstić information content (AvgIpc) is 3.05. The van der Waals surface area contributed by atoms with Gasteiger partial charge in [0.2, 0.25) is 5.91 Å². The second-order valence-electron chi connectivity index (χ2n) is 7.58. The molecule has 2 amide bonds. The molecule has 0 saturated carbocycles. The van der Waals surface area contributed by atoms with Crippen LogP contribution in [0.15, 0.2) is 42.5 Å². The predicted molar refractivity (Wildman–Crippen MR) is 117 cm³/mol. The van der Waals surface area contributed by atoms with Gasteiger partial charge in [0.1, 0.15) is 6.54 Å². The van der Waals surface area contributed by atoms with Crippen LogP contribution in [0.5, 0.6) is 0 Å². The van der Waals surface area contributed by atoms with E-state index in [9.17, 15) is 9.59 Å². The van der Waals surface area contributed by atoms with Crippen LogP contribution < -0.4 is 16.4 Å². The molecule has 0 atom stereocenters. The topological polar surface area (TPSA) is 115 Å². The van der Waals surface area contributed by atoms with Gasteiger partial charge >= 0.3 is 0 Å². The molecule has 2 aromatic carbocycles. The van der Waals surface area contributed by atoms with Gasteiger partial charge < -0.3 is 16.4 Å². The predicted octanol–water partition coefficient (Wildman–Crippen LogP) is 3.49. The Kier molecular flexibility index (Phi) is 6.15. The van der Waals surface area contributed by atoms with Crippen LogP contribution in [0.25, 0.3) is 0 Å². The first-order chi connectivity index (χ1) is 14.2. The smallest absolute Gasteiger partial charge is 0.280 e. The minimum atomic E-state index is -0.475. The zero-order valence-corrected chi connectivity index (χ0v) is 17.6. The Morgan fingerprint density at radius 2 is 1.77 bits per heavy atom. The lowest BCUT2D eigenvalue weighted by molar-refractivity contribution is -0.116. The largest absolute Gasteiger partial charge is 0.382 e. The van der Waals surface area contributed by atoms with Gasteiger partial charge in [0.15, 0.2) is 11.5 Å². The van der Waals surface area contributed by atoms with Gasteiger partial charge in [-0.2, -0.15) is 0 Å². The Balaban J connectivity index is 1.66. The number of nitrogens with zero attached hydrogens (tertiary/aromatic N) is 3. The summed E-state index contributed by atoms with van der Waals surface area (Å²) in [6, 6.07) is 13.4. The molecule has 0 bridgehead atoms. The number of carbonyl (C=O) groups excluding carboxylic acids is 2. The van der Waals surface area contributed by atoms with Crippen molar-refractivity contribution >= 4 is 29.0 Å². The molecule has 0 spiro atoms. The summed E-state index contributed by atoms with van der Waals surface area (Å²) >= 11 is 0. The zero-order valence-electron chi connectivity index (χ0n) is 17.6. The molecule has 8 nitrogen and oxygen atoms in total. The zero-order chi connectivity index (χ0) is 21.8. The maximum Gasteiger partial charge on any atom is 0.280 e. The lowest BCUT2D eigenvalue weighted by atomic mass is 10.0. The fraction of sp³-hybridized carbons (Fsp3) is 0.273. The van der Waals surface area contributed by atoms with Gasteiger partial charge in [-0.15, -0.1) is 5.10 Å². The van der Waals surface area contributed by atoms with Crippen molar-refractivity contribution in [3.63, 3.8) is 0 Å². The molecule has 30 heavy (non-hydrogen) atoms. The van der Waals surface area contributed by atoms with Gasteiger partial charge in [-0.3, -0.25) is 9.59 Å². The molecule has 1 heterocycles. The average molecular weight is 406 g/mol. The molecular formula is C22H26N6O2. The summed E-state index contributed by atoms with van der Waals surface area (Å²) < 4.78 is 1.20. The van der Waals surface area contributed by atoms with Crippen LogP contribution in [-0.2, 0) is 11.3 Å². The number of aromatic nitrogens is 3. The maximum absolute atomic E-state index is 12.6. The summed E-state index contributed by atoms with van der Waals surface area (Å²) in [5.41, 5.74) is 10.5. The van der Waals surface area contributed by atoms with Crippen molar-refractivity contribution in [3.05, 3.63) is 64.8 Å². The number of anilines is 3. The van der Waals surface area contributed by atoms with Crippen molar-refractivity contribution in [3.8, 4) is 0 Å². The van der Waals surface area contributed by atoms with E-state index in [1.54, 1.807) is 0 Å². The van der Waals surface area contributed by atoms with Crippen LogP contribution in [0, 0.1) is 13.8 Å². The number of amides is 2. The van der Waals surface area contributed by atoms with Gasteiger partial charge in [-0.1, -0.05) is 43.3 Å². The SMILES string of the molecule is Cc1ccc(C)c(NC(=O)c2nnn(CC(=O)Nc3ccc(C(C)C)cc3)c2N)c1. The van der Waals surface area contributed by atoms with Crippen molar-refractivity contribution in [2.24, 2.45) is 0 Å². The first-order valence-corrected chi connectivity index (χ1v) is 9.72. The van der Waals surface area contributed by atoms with E-state index in [1.807, 2.05) is 56.3 Å². The first-order valence-electron chi connectivity index (χ1n) is 9.72. The Morgan fingerprint density at radius 3 is 2.43 bits per heavy atom. The van der Waals surface area contributed by atoms with Gasteiger partial charge in [-0.25, -0.2) is 4.68 Å². The minimum absolute atomic E-state index is 0.0232. The molecule has 1 aromatic heterocycles. The minimum Gasteiger partial charge on any atom is -0.382 e. The highest BCUT2D eigenvalue weighted by atomic mass is 16.2. The number of nitrogens with one attached hydrogen (secondary N) is 2. The van der Waals surface area contributed by atoms with Crippen LogP contribution >= 0.6 is 0 Å². The Morgan fingerprint density at radius 1 is 1.07 bits per heavy atom. The monoisotopic (exact) mass is 406 g/mol.